The molecule has 2 heterocycles. The molecule has 0 amide bonds. The third-order valence-corrected chi connectivity index (χ3v) is 6.92. The number of halogens is 1. The van der Waals surface area contributed by atoms with E-state index in [9.17, 15) is 9.59 Å². The molecule has 1 aromatic carbocycles. The van der Waals surface area contributed by atoms with Crippen LogP contribution in [0, 0.1) is 22.6 Å². The van der Waals surface area contributed by atoms with Crippen LogP contribution < -0.4 is 32.0 Å². The van der Waals surface area contributed by atoms with Crippen molar-refractivity contribution in [3.63, 3.8) is 0 Å². The van der Waals surface area contributed by atoms with Crippen molar-refractivity contribution in [3.05, 3.63) is 32.7 Å². The summed E-state index contributed by atoms with van der Waals surface area (Å²) in [6, 6.07) is 3.56. The van der Waals surface area contributed by atoms with Crippen LogP contribution in [0.25, 0.3) is 10.9 Å². The fourth-order valence-electron chi connectivity index (χ4n) is 5.07. The van der Waals surface area contributed by atoms with E-state index in [1.807, 2.05) is 4.90 Å². The highest BCUT2D eigenvalue weighted by Crippen LogP contribution is 2.55. The Balaban J connectivity index is 1.58. The maximum Gasteiger partial charge on any atom is 0.350 e. The van der Waals surface area contributed by atoms with Crippen LogP contribution in [0.3, 0.4) is 0 Å². The molecule has 5 rings (SSSR count). The van der Waals surface area contributed by atoms with Crippen molar-refractivity contribution in [3.8, 4) is 11.8 Å². The van der Waals surface area contributed by atoms with Crippen LogP contribution in [0.5, 0.6) is 5.75 Å². The number of anilines is 1. The minimum atomic E-state index is -0.734. The molecule has 3 aliphatic rings. The molecule has 9 nitrogen and oxygen atoms in total. The van der Waals surface area contributed by atoms with E-state index in [1.165, 1.54) is 17.7 Å². The number of aromatic nitrogens is 2. The van der Waals surface area contributed by atoms with E-state index < -0.39 is 17.1 Å². The molecular weight excluding hydrogens is 403 g/mol. The quantitative estimate of drug-likeness (QED) is 0.517. The summed E-state index contributed by atoms with van der Waals surface area (Å²) in [5, 5.41) is 12.2. The number of rotatable bonds is 6. The van der Waals surface area contributed by atoms with Gasteiger partial charge in [-0.3, -0.25) is 9.36 Å². The summed E-state index contributed by atoms with van der Waals surface area (Å²) in [5.74, 6) is 5.35. The predicted octanol–water partition coefficient (Wildman–Crippen LogP) is 0.832. The Labute approximate surface area is 177 Å². The van der Waals surface area contributed by atoms with Crippen molar-refractivity contribution in [2.75, 3.05) is 37.5 Å². The molecule has 2 aliphatic carbocycles. The lowest BCUT2D eigenvalue weighted by atomic mass is 10.1. The van der Waals surface area contributed by atoms with E-state index in [0.717, 1.165) is 25.7 Å². The minimum absolute atomic E-state index is 0.0449. The van der Waals surface area contributed by atoms with E-state index in [0.29, 0.717) is 42.3 Å². The van der Waals surface area contributed by atoms with E-state index in [2.05, 4.69) is 11.4 Å². The zero-order chi connectivity index (χ0) is 21.9. The van der Waals surface area contributed by atoms with Gasteiger partial charge in [-0.05, 0) is 31.7 Å². The second-order valence-corrected chi connectivity index (χ2v) is 8.85. The van der Waals surface area contributed by atoms with Gasteiger partial charge in [0.2, 0.25) is 0 Å². The minimum Gasteiger partial charge on any atom is -0.492 e. The molecule has 2 atom stereocenters. The van der Waals surface area contributed by atoms with Gasteiger partial charge in [0, 0.05) is 43.6 Å². The maximum atomic E-state index is 15.3. The first-order chi connectivity index (χ1) is 14.9. The molecule has 1 aliphatic heterocycles. The van der Waals surface area contributed by atoms with Crippen LogP contribution in [0.15, 0.2) is 15.7 Å². The lowest BCUT2D eigenvalue weighted by Crippen LogP contribution is -2.44. The molecule has 2 saturated carbocycles. The largest absolute Gasteiger partial charge is 0.492 e. The molecule has 1 saturated heterocycles. The Morgan fingerprint density at radius 2 is 2.19 bits per heavy atom. The summed E-state index contributed by atoms with van der Waals surface area (Å²) in [6.45, 7) is 1.95. The second kappa shape index (κ2) is 6.99. The number of nitriles is 1. The van der Waals surface area contributed by atoms with Crippen LogP contribution in [0.2, 0.25) is 0 Å². The second-order valence-electron chi connectivity index (χ2n) is 8.85. The van der Waals surface area contributed by atoms with Gasteiger partial charge in [-0.25, -0.2) is 9.18 Å². The SMILES string of the molecule is COc1c(N2CCC3(CC3NCCC#N)C2)c(F)cc2c(=O)n(N)c(=O)n(C3CC3)c12. The van der Waals surface area contributed by atoms with E-state index in [-0.39, 0.29) is 28.3 Å². The summed E-state index contributed by atoms with van der Waals surface area (Å²) in [5.41, 5.74) is -0.685. The first-order valence-corrected chi connectivity index (χ1v) is 10.6. The van der Waals surface area contributed by atoms with Crippen molar-refractivity contribution in [2.24, 2.45) is 5.41 Å². The summed E-state index contributed by atoms with van der Waals surface area (Å²) >= 11 is 0. The van der Waals surface area contributed by atoms with Gasteiger partial charge >= 0.3 is 5.69 Å². The molecule has 164 valence electrons. The normalized spacial score (nSPS) is 24.7. The monoisotopic (exact) mass is 428 g/mol. The molecule has 0 bridgehead atoms. The third kappa shape index (κ3) is 2.98. The number of benzene rings is 1. The molecular formula is C21H25FN6O3. The number of nitrogens with zero attached hydrogens (tertiary/aromatic N) is 4. The summed E-state index contributed by atoms with van der Waals surface area (Å²) in [7, 11) is 1.43. The van der Waals surface area contributed by atoms with Crippen molar-refractivity contribution in [1.82, 2.24) is 14.6 Å². The number of hydrogen-bond donors (Lipinski definition) is 2. The van der Waals surface area contributed by atoms with Crippen molar-refractivity contribution >= 4 is 16.6 Å². The lowest BCUT2D eigenvalue weighted by Gasteiger charge is -2.24. The van der Waals surface area contributed by atoms with E-state index >= 15 is 4.39 Å². The van der Waals surface area contributed by atoms with Gasteiger partial charge in [0.05, 0.1) is 18.6 Å². The molecule has 2 aromatic rings. The van der Waals surface area contributed by atoms with Gasteiger partial charge in [0.15, 0.2) is 11.6 Å². The molecule has 2 unspecified atom stereocenters. The average molecular weight is 428 g/mol. The standard InChI is InChI=1S/C21H25FN6O3/c1-31-18-16-13(19(29)28(24)20(30)27(16)12-3-4-12)9-14(22)17(18)26-8-5-21(11-26)10-15(21)25-7-2-6-23/h9,12,15,25H,2-5,7-8,10-11,24H2,1H3. The highest BCUT2D eigenvalue weighted by molar-refractivity contribution is 5.91. The van der Waals surface area contributed by atoms with Gasteiger partial charge in [-0.15, -0.1) is 0 Å². The first kappa shape index (κ1) is 19.9. The van der Waals surface area contributed by atoms with Gasteiger partial charge in [0.1, 0.15) is 11.2 Å². The van der Waals surface area contributed by atoms with Crippen LogP contribution >= 0.6 is 0 Å². The smallest absolute Gasteiger partial charge is 0.350 e. The van der Waals surface area contributed by atoms with E-state index in [4.69, 9.17) is 15.8 Å². The number of fused-ring (bicyclic) bond motifs is 1. The Kier molecular flexibility index (Phi) is 4.48. The molecule has 1 spiro atoms. The molecule has 0 radical (unpaired) electrons. The Hall–Kier alpha value is -3.06. The molecule has 10 heteroatoms. The van der Waals surface area contributed by atoms with Gasteiger partial charge in [-0.1, -0.05) is 0 Å². The van der Waals surface area contributed by atoms with Gasteiger partial charge in [0.25, 0.3) is 5.56 Å². The van der Waals surface area contributed by atoms with Crippen molar-refractivity contribution < 1.29 is 9.13 Å². The summed E-state index contributed by atoms with van der Waals surface area (Å²) in [4.78, 5) is 27.3. The van der Waals surface area contributed by atoms with Crippen molar-refractivity contribution in [2.45, 2.75) is 44.2 Å². The van der Waals surface area contributed by atoms with E-state index in [1.54, 1.807) is 0 Å². The Morgan fingerprint density at radius 3 is 2.87 bits per heavy atom. The zero-order valence-corrected chi connectivity index (χ0v) is 17.4. The number of methoxy groups -OCH3 is 1. The number of nitrogens with one attached hydrogen (secondary N) is 1. The number of hydrogen-bond acceptors (Lipinski definition) is 7. The fraction of sp³-hybridized carbons (Fsp3) is 0.571. The van der Waals surface area contributed by atoms with Crippen LogP contribution in [0.1, 0.15) is 38.1 Å². The molecule has 1 aromatic heterocycles. The Bertz CT molecular complexity index is 1230. The molecule has 31 heavy (non-hydrogen) atoms. The highest BCUT2D eigenvalue weighted by Gasteiger charge is 2.57. The molecule has 3 fully saturated rings. The van der Waals surface area contributed by atoms with Crippen LogP contribution in [0.4, 0.5) is 10.1 Å². The van der Waals surface area contributed by atoms with Gasteiger partial charge < -0.3 is 20.8 Å². The number of nitrogen functional groups attached to an aromatic ring is 1. The summed E-state index contributed by atoms with van der Waals surface area (Å²) in [6.07, 6.45) is 3.94. The topological polar surface area (TPSA) is 118 Å². The first-order valence-electron chi connectivity index (χ1n) is 10.6. The zero-order valence-electron chi connectivity index (χ0n) is 17.4. The van der Waals surface area contributed by atoms with Gasteiger partial charge in [-0.2, -0.15) is 9.94 Å². The Morgan fingerprint density at radius 1 is 1.42 bits per heavy atom. The number of nitrogens with two attached hydrogens (primary N) is 1. The van der Waals surface area contributed by atoms with Crippen molar-refractivity contribution in [1.29, 1.82) is 5.26 Å². The highest BCUT2D eigenvalue weighted by atomic mass is 19.1. The predicted molar refractivity (Wildman–Crippen MR) is 113 cm³/mol. The maximum absolute atomic E-state index is 15.3. The van der Waals surface area contributed by atoms with Crippen LogP contribution in [-0.2, 0) is 0 Å². The number of ether oxygens (including phenoxy) is 1. The fourth-order valence-corrected chi connectivity index (χ4v) is 5.07. The lowest BCUT2D eigenvalue weighted by molar-refractivity contribution is 0.412. The molecule has 3 N–H and O–H groups in total. The average Bonchev–Trinajstić information content (AvgIpc) is 3.65. The third-order valence-electron chi connectivity index (χ3n) is 6.92. The van der Waals surface area contributed by atoms with Crippen LogP contribution in [-0.4, -0.2) is 42.0 Å². The summed E-state index contributed by atoms with van der Waals surface area (Å²) < 4.78 is 23.0.